The molecule has 0 atom stereocenters. The van der Waals surface area contributed by atoms with Crippen molar-refractivity contribution in [3.05, 3.63) is 42.2 Å². The summed E-state index contributed by atoms with van der Waals surface area (Å²) in [6.07, 6.45) is 4.24. The smallest absolute Gasteiger partial charge is 0.207 e. The molecule has 0 bridgehead atoms. The van der Waals surface area contributed by atoms with Gasteiger partial charge in [0.15, 0.2) is 5.82 Å². The van der Waals surface area contributed by atoms with Gasteiger partial charge in [0.2, 0.25) is 6.41 Å². The van der Waals surface area contributed by atoms with Crippen LogP contribution in [0.3, 0.4) is 0 Å². The van der Waals surface area contributed by atoms with Crippen molar-refractivity contribution in [1.82, 2.24) is 20.2 Å². The summed E-state index contributed by atoms with van der Waals surface area (Å²) < 4.78 is 5.17. The van der Waals surface area contributed by atoms with Gasteiger partial charge in [0, 0.05) is 64.3 Å². The molecule has 2 aromatic rings. The molecule has 27 heavy (non-hydrogen) atoms. The van der Waals surface area contributed by atoms with Crippen LogP contribution < -0.4 is 10.2 Å². The van der Waals surface area contributed by atoms with E-state index in [4.69, 9.17) is 4.74 Å². The highest BCUT2D eigenvalue weighted by molar-refractivity contribution is 5.85. The normalized spacial score (nSPS) is 14.5. The number of hydrogen-bond acceptors (Lipinski definition) is 6. The third kappa shape index (κ3) is 5.63. The van der Waals surface area contributed by atoms with E-state index in [2.05, 4.69) is 49.4 Å². The maximum atomic E-state index is 10.4. The number of benzene rings is 1. The van der Waals surface area contributed by atoms with Gasteiger partial charge >= 0.3 is 0 Å². The third-order valence-electron chi connectivity index (χ3n) is 4.54. The molecule has 0 aliphatic carbocycles. The number of halogens is 1. The summed E-state index contributed by atoms with van der Waals surface area (Å²) in [7, 11) is 1.70. The Morgan fingerprint density at radius 1 is 1.11 bits per heavy atom. The monoisotopic (exact) mass is 391 g/mol. The lowest BCUT2D eigenvalue weighted by atomic mass is 10.1. The van der Waals surface area contributed by atoms with Crippen LogP contribution in [0.4, 0.5) is 5.82 Å². The van der Waals surface area contributed by atoms with Crippen LogP contribution in [0, 0.1) is 0 Å². The van der Waals surface area contributed by atoms with E-state index in [-0.39, 0.29) is 12.4 Å². The van der Waals surface area contributed by atoms with E-state index in [9.17, 15) is 4.79 Å². The van der Waals surface area contributed by atoms with Crippen LogP contribution in [0.2, 0.25) is 0 Å². The van der Waals surface area contributed by atoms with Crippen LogP contribution in [-0.2, 0) is 16.1 Å². The molecular weight excluding hydrogens is 366 g/mol. The lowest BCUT2D eigenvalue weighted by Crippen LogP contribution is -2.48. The van der Waals surface area contributed by atoms with Gasteiger partial charge in [0.25, 0.3) is 0 Å². The van der Waals surface area contributed by atoms with Crippen molar-refractivity contribution in [2.24, 2.45) is 0 Å². The Labute approximate surface area is 166 Å². The standard InChI is InChI=1S/C19H25N5O2.ClH/c1-26-14-16-2-4-17(5-3-16)18-19(22-7-6-21-18)24-12-10-23(11-13-24)9-8-20-15-25;/h2-7,15H,8-14H2,1H3,(H,20,25);1H. The molecule has 3 rings (SSSR count). The summed E-state index contributed by atoms with van der Waals surface area (Å²) in [4.78, 5) is 24.2. The van der Waals surface area contributed by atoms with Crippen molar-refractivity contribution in [1.29, 1.82) is 0 Å². The minimum atomic E-state index is 0. The zero-order valence-corrected chi connectivity index (χ0v) is 16.3. The Balaban J connectivity index is 0.00000261. The van der Waals surface area contributed by atoms with E-state index >= 15 is 0 Å². The summed E-state index contributed by atoms with van der Waals surface area (Å²) in [5, 5.41) is 2.72. The molecule has 1 amide bonds. The number of nitrogens with one attached hydrogen (secondary N) is 1. The van der Waals surface area contributed by atoms with Crippen molar-refractivity contribution in [2.75, 3.05) is 51.3 Å². The first-order valence-corrected chi connectivity index (χ1v) is 8.85. The highest BCUT2D eigenvalue weighted by Gasteiger charge is 2.21. The zero-order chi connectivity index (χ0) is 18.2. The van der Waals surface area contributed by atoms with Crippen LogP contribution in [0.1, 0.15) is 5.56 Å². The minimum Gasteiger partial charge on any atom is -0.380 e. The van der Waals surface area contributed by atoms with E-state index in [0.29, 0.717) is 13.2 Å². The summed E-state index contributed by atoms with van der Waals surface area (Å²) in [5.41, 5.74) is 3.11. The van der Waals surface area contributed by atoms with Gasteiger partial charge in [0.1, 0.15) is 5.69 Å². The van der Waals surface area contributed by atoms with Crippen molar-refractivity contribution < 1.29 is 9.53 Å². The molecule has 1 aliphatic rings. The first-order valence-electron chi connectivity index (χ1n) is 8.85. The van der Waals surface area contributed by atoms with Gasteiger partial charge in [-0.2, -0.15) is 0 Å². The molecule has 1 aromatic heterocycles. The zero-order valence-electron chi connectivity index (χ0n) is 15.5. The number of carbonyl (C=O) groups excluding carboxylic acids is 1. The molecule has 2 heterocycles. The largest absolute Gasteiger partial charge is 0.380 e. The van der Waals surface area contributed by atoms with Gasteiger partial charge in [0.05, 0.1) is 6.61 Å². The van der Waals surface area contributed by atoms with Gasteiger partial charge in [-0.05, 0) is 5.56 Å². The van der Waals surface area contributed by atoms with Crippen LogP contribution in [0.15, 0.2) is 36.7 Å². The maximum Gasteiger partial charge on any atom is 0.207 e. The van der Waals surface area contributed by atoms with Gasteiger partial charge < -0.3 is 15.0 Å². The summed E-state index contributed by atoms with van der Waals surface area (Å²) in [6, 6.07) is 8.27. The number of piperazine rings is 1. The van der Waals surface area contributed by atoms with Crippen molar-refractivity contribution in [3.8, 4) is 11.3 Å². The fourth-order valence-electron chi connectivity index (χ4n) is 3.16. The average Bonchev–Trinajstić information content (AvgIpc) is 2.70. The Kier molecular flexibility index (Phi) is 8.44. The maximum absolute atomic E-state index is 10.4. The fraction of sp³-hybridized carbons (Fsp3) is 0.421. The predicted molar refractivity (Wildman–Crippen MR) is 108 cm³/mol. The first-order chi connectivity index (χ1) is 12.8. The number of anilines is 1. The van der Waals surface area contributed by atoms with Crippen LogP contribution in [0.25, 0.3) is 11.3 Å². The van der Waals surface area contributed by atoms with E-state index in [1.165, 1.54) is 0 Å². The molecule has 1 N–H and O–H groups in total. The van der Waals surface area contributed by atoms with Crippen molar-refractivity contribution in [3.63, 3.8) is 0 Å². The molecule has 0 saturated carbocycles. The number of amides is 1. The molecule has 0 unspecified atom stereocenters. The number of carbonyl (C=O) groups is 1. The third-order valence-corrected chi connectivity index (χ3v) is 4.54. The topological polar surface area (TPSA) is 70.6 Å². The summed E-state index contributed by atoms with van der Waals surface area (Å²) in [6.45, 7) is 5.86. The predicted octanol–water partition coefficient (Wildman–Crippen LogP) is 1.58. The first kappa shape index (κ1) is 21.1. The Bertz CT molecular complexity index is 706. The average molecular weight is 392 g/mol. The van der Waals surface area contributed by atoms with Crippen LogP contribution >= 0.6 is 12.4 Å². The van der Waals surface area contributed by atoms with E-state index < -0.39 is 0 Å². The van der Waals surface area contributed by atoms with E-state index in [1.807, 2.05) is 0 Å². The summed E-state index contributed by atoms with van der Waals surface area (Å²) in [5.74, 6) is 0.928. The number of rotatable bonds is 8. The van der Waals surface area contributed by atoms with E-state index in [1.54, 1.807) is 19.5 Å². The summed E-state index contributed by atoms with van der Waals surface area (Å²) >= 11 is 0. The van der Waals surface area contributed by atoms with Crippen molar-refractivity contribution in [2.45, 2.75) is 6.61 Å². The lowest BCUT2D eigenvalue weighted by Gasteiger charge is -2.35. The molecular formula is C19H26ClN5O2. The highest BCUT2D eigenvalue weighted by atomic mass is 35.5. The Morgan fingerprint density at radius 3 is 2.48 bits per heavy atom. The molecule has 1 fully saturated rings. The van der Waals surface area contributed by atoms with Gasteiger partial charge in [-0.3, -0.25) is 14.7 Å². The second-order valence-electron chi connectivity index (χ2n) is 6.26. The van der Waals surface area contributed by atoms with Gasteiger partial charge in [-0.25, -0.2) is 4.98 Å². The van der Waals surface area contributed by atoms with Crippen LogP contribution in [0.5, 0.6) is 0 Å². The lowest BCUT2D eigenvalue weighted by molar-refractivity contribution is -0.109. The molecule has 1 aliphatic heterocycles. The van der Waals surface area contributed by atoms with E-state index in [0.717, 1.165) is 61.8 Å². The van der Waals surface area contributed by atoms with Gasteiger partial charge in [-0.1, -0.05) is 24.3 Å². The SMILES string of the molecule is COCc1ccc(-c2nccnc2N2CCN(CCNC=O)CC2)cc1.Cl. The van der Waals surface area contributed by atoms with Gasteiger partial charge in [-0.15, -0.1) is 12.4 Å². The molecule has 7 nitrogen and oxygen atoms in total. The number of nitrogens with zero attached hydrogens (tertiary/aromatic N) is 4. The number of aromatic nitrogens is 2. The molecule has 0 radical (unpaired) electrons. The molecule has 8 heteroatoms. The fourth-order valence-corrected chi connectivity index (χ4v) is 3.16. The second-order valence-corrected chi connectivity index (χ2v) is 6.26. The number of methoxy groups -OCH3 is 1. The molecule has 1 aromatic carbocycles. The Morgan fingerprint density at radius 2 is 1.81 bits per heavy atom. The molecule has 0 spiro atoms. The second kappa shape index (κ2) is 10.8. The molecule has 1 saturated heterocycles. The van der Waals surface area contributed by atoms with Crippen LogP contribution in [-0.4, -0.2) is 67.7 Å². The van der Waals surface area contributed by atoms with Crippen molar-refractivity contribution >= 4 is 24.6 Å². The highest BCUT2D eigenvalue weighted by Crippen LogP contribution is 2.27. The Hall–Kier alpha value is -2.22. The number of hydrogen-bond donors (Lipinski definition) is 1. The quantitative estimate of drug-likeness (QED) is 0.544. The number of ether oxygens (including phenoxy) is 1. The minimum absolute atomic E-state index is 0. The molecule has 146 valence electrons.